The lowest BCUT2D eigenvalue weighted by molar-refractivity contribution is 0.154. The van der Waals surface area contributed by atoms with Crippen LogP contribution in [-0.2, 0) is 0 Å². The molecule has 2 rings (SSSR count). The Morgan fingerprint density at radius 3 is 3.00 bits per heavy atom. The van der Waals surface area contributed by atoms with Crippen LogP contribution in [0.15, 0.2) is 29.2 Å². The van der Waals surface area contributed by atoms with Gasteiger partial charge in [-0.1, -0.05) is 6.07 Å². The van der Waals surface area contributed by atoms with E-state index >= 15 is 0 Å². The Bertz CT molecular complexity index is 316. The van der Waals surface area contributed by atoms with Crippen molar-refractivity contribution >= 4 is 18.3 Å². The van der Waals surface area contributed by atoms with E-state index in [1.54, 1.807) is 0 Å². The van der Waals surface area contributed by atoms with E-state index in [1.165, 1.54) is 0 Å². The molecule has 1 N–H and O–H groups in total. The predicted molar refractivity (Wildman–Crippen MR) is 61.1 cm³/mol. The molecule has 0 spiro atoms. The number of thiol groups is 1. The topological polar surface area (TPSA) is 23.5 Å². The van der Waals surface area contributed by atoms with Crippen LogP contribution in [0.2, 0.25) is 0 Å². The zero-order valence-electron chi connectivity index (χ0n) is 8.06. The third kappa shape index (κ3) is 2.22. The molecule has 0 saturated carbocycles. The van der Waals surface area contributed by atoms with E-state index in [0.29, 0.717) is 0 Å². The van der Waals surface area contributed by atoms with Gasteiger partial charge in [0.1, 0.15) is 0 Å². The molecule has 1 unspecified atom stereocenters. The second-order valence-corrected chi connectivity index (χ2v) is 4.28. The molecule has 0 bridgehead atoms. The molecule has 1 saturated heterocycles. The van der Waals surface area contributed by atoms with Crippen LogP contribution >= 0.6 is 12.6 Å². The zero-order chi connectivity index (χ0) is 9.97. The fourth-order valence-corrected chi connectivity index (χ4v) is 2.10. The Balaban J connectivity index is 2.14. The van der Waals surface area contributed by atoms with Crippen molar-refractivity contribution in [3.63, 3.8) is 0 Å². The van der Waals surface area contributed by atoms with Crippen LogP contribution in [0.25, 0.3) is 0 Å². The van der Waals surface area contributed by atoms with Crippen molar-refractivity contribution in [2.24, 2.45) is 0 Å². The van der Waals surface area contributed by atoms with E-state index in [4.69, 9.17) is 0 Å². The molecular weight excluding hydrogens is 194 g/mol. The van der Waals surface area contributed by atoms with Crippen molar-refractivity contribution in [3.8, 4) is 0 Å². The summed E-state index contributed by atoms with van der Waals surface area (Å²) in [6.45, 7) is 1.78. The number of rotatable bonds is 1. The zero-order valence-corrected chi connectivity index (χ0v) is 8.95. The lowest BCUT2D eigenvalue weighted by atomic mass is 10.1. The Morgan fingerprint density at radius 2 is 2.29 bits per heavy atom. The number of benzene rings is 1. The number of nitrogens with zero attached hydrogens (tertiary/aromatic N) is 1. The summed E-state index contributed by atoms with van der Waals surface area (Å²) in [5.41, 5.74) is 1.16. The van der Waals surface area contributed by atoms with Crippen molar-refractivity contribution < 1.29 is 5.11 Å². The molecule has 1 aliphatic rings. The molecule has 3 heteroatoms. The fraction of sp³-hybridized carbons (Fsp3) is 0.455. The first-order valence-electron chi connectivity index (χ1n) is 4.98. The lowest BCUT2D eigenvalue weighted by Crippen LogP contribution is -2.38. The highest BCUT2D eigenvalue weighted by atomic mass is 32.1. The summed E-state index contributed by atoms with van der Waals surface area (Å²) in [4.78, 5) is 3.19. The number of piperidine rings is 1. The summed E-state index contributed by atoms with van der Waals surface area (Å²) in [5, 5.41) is 9.55. The molecule has 2 nitrogen and oxygen atoms in total. The molecule has 0 aliphatic carbocycles. The highest BCUT2D eigenvalue weighted by molar-refractivity contribution is 7.80. The average molecular weight is 209 g/mol. The van der Waals surface area contributed by atoms with E-state index in [2.05, 4.69) is 23.6 Å². The predicted octanol–water partition coefficient (Wildman–Crippen LogP) is 1.94. The first-order valence-corrected chi connectivity index (χ1v) is 5.42. The van der Waals surface area contributed by atoms with Gasteiger partial charge < -0.3 is 10.0 Å². The monoisotopic (exact) mass is 209 g/mol. The van der Waals surface area contributed by atoms with Crippen molar-refractivity contribution in [1.29, 1.82) is 0 Å². The third-order valence-corrected chi connectivity index (χ3v) is 2.87. The Morgan fingerprint density at radius 1 is 1.43 bits per heavy atom. The molecule has 0 radical (unpaired) electrons. The summed E-state index contributed by atoms with van der Waals surface area (Å²) >= 11 is 4.31. The number of β-amino-alcohol motifs (C(OH)–C–C–N with tert-alkyl or cyclic N) is 1. The quantitative estimate of drug-likeness (QED) is 0.690. The summed E-state index contributed by atoms with van der Waals surface area (Å²) in [6.07, 6.45) is 1.82. The molecule has 14 heavy (non-hydrogen) atoms. The van der Waals surface area contributed by atoms with Crippen LogP contribution in [0.4, 0.5) is 5.69 Å². The Labute approximate surface area is 90.0 Å². The minimum Gasteiger partial charge on any atom is -0.391 e. The molecule has 1 aliphatic heterocycles. The molecule has 1 atom stereocenters. The molecule has 1 aromatic rings. The van der Waals surface area contributed by atoms with Gasteiger partial charge in [0.15, 0.2) is 0 Å². The van der Waals surface area contributed by atoms with Gasteiger partial charge in [0.2, 0.25) is 0 Å². The van der Waals surface area contributed by atoms with Crippen molar-refractivity contribution in [2.75, 3.05) is 18.0 Å². The summed E-state index contributed by atoms with van der Waals surface area (Å²) in [5.74, 6) is 0. The van der Waals surface area contributed by atoms with Gasteiger partial charge in [-0.2, -0.15) is 0 Å². The smallest absolute Gasteiger partial charge is 0.0715 e. The molecule has 1 heterocycles. The van der Waals surface area contributed by atoms with Gasteiger partial charge in [0.05, 0.1) is 6.10 Å². The SMILES string of the molecule is OC1CCCN(c2cccc(S)c2)C1. The first-order chi connectivity index (χ1) is 6.75. The van der Waals surface area contributed by atoms with Gasteiger partial charge in [-0.05, 0) is 31.0 Å². The maximum atomic E-state index is 9.55. The van der Waals surface area contributed by atoms with Gasteiger partial charge in [-0.25, -0.2) is 0 Å². The maximum Gasteiger partial charge on any atom is 0.0715 e. The van der Waals surface area contributed by atoms with Crippen molar-refractivity contribution in [1.82, 2.24) is 0 Å². The largest absolute Gasteiger partial charge is 0.391 e. The molecule has 1 fully saturated rings. The van der Waals surface area contributed by atoms with Gasteiger partial charge >= 0.3 is 0 Å². The van der Waals surface area contributed by atoms with Crippen molar-refractivity contribution in [3.05, 3.63) is 24.3 Å². The van der Waals surface area contributed by atoms with Crippen LogP contribution in [0.5, 0.6) is 0 Å². The van der Waals surface area contributed by atoms with Gasteiger partial charge in [-0.15, -0.1) is 12.6 Å². The Kier molecular flexibility index (Phi) is 2.99. The van der Waals surface area contributed by atoms with Crippen LogP contribution < -0.4 is 4.90 Å². The standard InChI is InChI=1S/C11H15NOS/c13-10-4-2-6-12(8-10)9-3-1-5-11(14)7-9/h1,3,5,7,10,13-14H,2,4,6,8H2. The van der Waals surface area contributed by atoms with E-state index < -0.39 is 0 Å². The number of aliphatic hydroxyl groups excluding tert-OH is 1. The minimum atomic E-state index is -0.174. The highest BCUT2D eigenvalue weighted by Gasteiger charge is 2.17. The number of anilines is 1. The first kappa shape index (κ1) is 9.87. The summed E-state index contributed by atoms with van der Waals surface area (Å²) in [7, 11) is 0. The summed E-state index contributed by atoms with van der Waals surface area (Å²) < 4.78 is 0. The van der Waals surface area contributed by atoms with Crippen LogP contribution in [0.1, 0.15) is 12.8 Å². The van der Waals surface area contributed by atoms with Crippen LogP contribution in [0.3, 0.4) is 0 Å². The molecule has 1 aromatic carbocycles. The number of aliphatic hydroxyl groups is 1. The van der Waals surface area contributed by atoms with Gasteiger partial charge in [0.25, 0.3) is 0 Å². The van der Waals surface area contributed by atoms with Crippen LogP contribution in [-0.4, -0.2) is 24.3 Å². The maximum absolute atomic E-state index is 9.55. The second kappa shape index (κ2) is 4.24. The van der Waals surface area contributed by atoms with E-state index in [1.807, 2.05) is 18.2 Å². The average Bonchev–Trinajstić information content (AvgIpc) is 2.18. The molecule has 76 valence electrons. The molecular formula is C11H15NOS. The van der Waals surface area contributed by atoms with E-state index in [-0.39, 0.29) is 6.10 Å². The fourth-order valence-electron chi connectivity index (χ4n) is 1.88. The van der Waals surface area contributed by atoms with Gasteiger partial charge in [-0.3, -0.25) is 0 Å². The lowest BCUT2D eigenvalue weighted by Gasteiger charge is -2.32. The van der Waals surface area contributed by atoms with Gasteiger partial charge in [0, 0.05) is 23.7 Å². The second-order valence-electron chi connectivity index (χ2n) is 3.76. The molecule has 0 amide bonds. The summed E-state index contributed by atoms with van der Waals surface area (Å²) in [6, 6.07) is 8.07. The number of hydrogen-bond donors (Lipinski definition) is 2. The molecule has 0 aromatic heterocycles. The van der Waals surface area contributed by atoms with Crippen molar-refractivity contribution in [2.45, 2.75) is 23.8 Å². The third-order valence-electron chi connectivity index (χ3n) is 2.59. The van der Waals surface area contributed by atoms with Crippen LogP contribution in [0, 0.1) is 0 Å². The minimum absolute atomic E-state index is 0.174. The Hall–Kier alpha value is -0.670. The van der Waals surface area contributed by atoms with E-state index in [0.717, 1.165) is 36.5 Å². The highest BCUT2D eigenvalue weighted by Crippen LogP contribution is 2.22. The normalized spacial score (nSPS) is 22.4. The number of hydrogen-bond acceptors (Lipinski definition) is 3. The van der Waals surface area contributed by atoms with E-state index in [9.17, 15) is 5.11 Å².